The van der Waals surface area contributed by atoms with Crippen LogP contribution in [0.2, 0.25) is 0 Å². The van der Waals surface area contributed by atoms with Crippen LogP contribution in [-0.4, -0.2) is 32.1 Å². The first-order valence-corrected chi connectivity index (χ1v) is 9.96. The van der Waals surface area contributed by atoms with Gasteiger partial charge in [-0.2, -0.15) is 4.72 Å². The van der Waals surface area contributed by atoms with E-state index in [4.69, 9.17) is 4.52 Å². The number of aromatic nitrogens is 1. The minimum Gasteiger partial charge on any atom is -0.360 e. The molecule has 2 aromatic rings. The molecule has 0 fully saturated rings. The fourth-order valence-electron chi connectivity index (χ4n) is 3.07. The molecule has 1 aromatic heterocycles. The molecule has 154 valence electrons. The number of nitrogens with one attached hydrogen (secondary N) is 3. The molecule has 1 aliphatic rings. The van der Waals surface area contributed by atoms with Gasteiger partial charge in [0.2, 0.25) is 15.9 Å². The molecule has 0 aliphatic carbocycles. The molecule has 0 saturated heterocycles. The topological polar surface area (TPSA) is 113 Å². The Morgan fingerprint density at radius 2 is 2.07 bits per heavy atom. The zero-order chi connectivity index (χ0) is 19.8. The maximum atomic E-state index is 14.6. The Morgan fingerprint density at radius 1 is 1.36 bits per heavy atom. The molecule has 28 heavy (non-hydrogen) atoms. The van der Waals surface area contributed by atoms with Gasteiger partial charge in [-0.15, -0.1) is 12.4 Å². The number of anilines is 1. The average Bonchev–Trinajstić information content (AvgIpc) is 2.96. The highest BCUT2D eigenvalue weighted by Gasteiger charge is 2.28. The minimum atomic E-state index is -4.01. The van der Waals surface area contributed by atoms with Crippen molar-refractivity contribution in [3.63, 3.8) is 0 Å². The van der Waals surface area contributed by atoms with Crippen molar-refractivity contribution in [1.82, 2.24) is 15.2 Å². The summed E-state index contributed by atoms with van der Waals surface area (Å²) in [5.74, 6) is -1.02. The molecule has 1 unspecified atom stereocenters. The third-order valence-electron chi connectivity index (χ3n) is 4.43. The van der Waals surface area contributed by atoms with E-state index in [0.717, 1.165) is 5.56 Å². The molecule has 1 amide bonds. The van der Waals surface area contributed by atoms with Crippen LogP contribution in [0.3, 0.4) is 0 Å². The van der Waals surface area contributed by atoms with E-state index in [-0.39, 0.29) is 34.4 Å². The molecule has 8 nitrogen and oxygen atoms in total. The molecule has 3 N–H and O–H groups in total. The van der Waals surface area contributed by atoms with E-state index in [1.807, 2.05) is 0 Å². The number of rotatable bonds is 5. The Bertz CT molecular complexity index is 974. The predicted octanol–water partition coefficient (Wildman–Crippen LogP) is 1.80. The standard InChI is InChI=1S/C17H21FN4O4S.ClH/c1-9-16(11(3)26-21-9)27(24,25)22-10(2)17(23)20-14-5-4-12-8-19-7-6-13(12)15(14)18;/h4-5,10,19,22H,6-8H2,1-3H3,(H,20,23);1H. The van der Waals surface area contributed by atoms with Gasteiger partial charge in [0.25, 0.3) is 0 Å². The van der Waals surface area contributed by atoms with Crippen molar-refractivity contribution >= 4 is 34.0 Å². The number of carbonyl (C=O) groups excluding carboxylic acids is 1. The van der Waals surface area contributed by atoms with Crippen LogP contribution in [0, 0.1) is 19.7 Å². The third kappa shape index (κ3) is 4.35. The summed E-state index contributed by atoms with van der Waals surface area (Å²) >= 11 is 0. The second-order valence-electron chi connectivity index (χ2n) is 6.48. The van der Waals surface area contributed by atoms with Gasteiger partial charge in [-0.3, -0.25) is 4.79 Å². The highest BCUT2D eigenvalue weighted by atomic mass is 35.5. The Labute approximate surface area is 168 Å². The van der Waals surface area contributed by atoms with E-state index in [1.165, 1.54) is 26.8 Å². The highest BCUT2D eigenvalue weighted by molar-refractivity contribution is 7.89. The van der Waals surface area contributed by atoms with E-state index in [1.54, 1.807) is 6.07 Å². The summed E-state index contributed by atoms with van der Waals surface area (Å²) in [7, 11) is -4.01. The second kappa shape index (κ2) is 8.56. The summed E-state index contributed by atoms with van der Waals surface area (Å²) in [6.07, 6.45) is 0.527. The number of sulfonamides is 1. The number of benzene rings is 1. The summed E-state index contributed by atoms with van der Waals surface area (Å²) in [5, 5.41) is 9.21. The molecule has 3 rings (SSSR count). The van der Waals surface area contributed by atoms with Gasteiger partial charge in [0.05, 0.1) is 11.7 Å². The first-order chi connectivity index (χ1) is 12.7. The van der Waals surface area contributed by atoms with Gasteiger partial charge in [0.15, 0.2) is 5.76 Å². The van der Waals surface area contributed by atoms with Gasteiger partial charge < -0.3 is 15.2 Å². The van der Waals surface area contributed by atoms with Crippen LogP contribution < -0.4 is 15.4 Å². The van der Waals surface area contributed by atoms with Crippen molar-refractivity contribution in [2.75, 3.05) is 11.9 Å². The predicted molar refractivity (Wildman–Crippen MR) is 103 cm³/mol. The lowest BCUT2D eigenvalue weighted by molar-refractivity contribution is -0.117. The molecule has 0 bridgehead atoms. The first kappa shape index (κ1) is 22.3. The van der Waals surface area contributed by atoms with Gasteiger partial charge >= 0.3 is 0 Å². The smallest absolute Gasteiger partial charge is 0.246 e. The largest absolute Gasteiger partial charge is 0.360 e. The highest BCUT2D eigenvalue weighted by Crippen LogP contribution is 2.25. The lowest BCUT2D eigenvalue weighted by atomic mass is 9.99. The molecule has 0 radical (unpaired) electrons. The zero-order valence-electron chi connectivity index (χ0n) is 15.6. The minimum absolute atomic E-state index is 0. The van der Waals surface area contributed by atoms with E-state index in [2.05, 4.69) is 20.5 Å². The number of aryl methyl sites for hydroxylation is 2. The summed E-state index contributed by atoms with van der Waals surface area (Å²) in [6, 6.07) is 2.11. The van der Waals surface area contributed by atoms with Crippen LogP contribution in [0.4, 0.5) is 10.1 Å². The normalized spacial score (nSPS) is 14.7. The summed E-state index contributed by atoms with van der Waals surface area (Å²) < 4.78 is 46.8. The second-order valence-corrected chi connectivity index (χ2v) is 8.13. The number of nitrogens with zero attached hydrogens (tertiary/aromatic N) is 1. The van der Waals surface area contributed by atoms with Gasteiger partial charge in [-0.05, 0) is 50.9 Å². The number of halogens is 2. The van der Waals surface area contributed by atoms with Crippen molar-refractivity contribution in [3.05, 3.63) is 40.5 Å². The van der Waals surface area contributed by atoms with Crippen molar-refractivity contribution in [2.24, 2.45) is 0 Å². The van der Waals surface area contributed by atoms with E-state index < -0.39 is 27.8 Å². The first-order valence-electron chi connectivity index (χ1n) is 8.47. The molecular weight excluding hydrogens is 411 g/mol. The van der Waals surface area contributed by atoms with Crippen molar-refractivity contribution in [3.8, 4) is 0 Å². The number of amides is 1. The third-order valence-corrected chi connectivity index (χ3v) is 6.21. The summed E-state index contributed by atoms with van der Waals surface area (Å²) in [5.41, 5.74) is 1.64. The fraction of sp³-hybridized carbons (Fsp3) is 0.412. The summed E-state index contributed by atoms with van der Waals surface area (Å²) in [4.78, 5) is 12.3. The van der Waals surface area contributed by atoms with E-state index in [9.17, 15) is 17.6 Å². The van der Waals surface area contributed by atoms with Crippen LogP contribution in [0.1, 0.15) is 29.5 Å². The molecule has 2 heterocycles. The zero-order valence-corrected chi connectivity index (χ0v) is 17.3. The van der Waals surface area contributed by atoms with Crippen molar-refractivity contribution in [2.45, 2.75) is 44.7 Å². The molecule has 11 heteroatoms. The van der Waals surface area contributed by atoms with Gasteiger partial charge in [0, 0.05) is 6.54 Å². The SMILES string of the molecule is Cc1noc(C)c1S(=O)(=O)NC(C)C(=O)Nc1ccc2c(c1F)CCNC2.Cl. The maximum absolute atomic E-state index is 14.6. The Morgan fingerprint density at radius 3 is 2.71 bits per heavy atom. The molecule has 1 atom stereocenters. The quantitative estimate of drug-likeness (QED) is 0.664. The fourth-order valence-corrected chi connectivity index (χ4v) is 4.61. The van der Waals surface area contributed by atoms with Crippen LogP contribution in [0.25, 0.3) is 0 Å². The van der Waals surface area contributed by atoms with Crippen LogP contribution in [0.5, 0.6) is 0 Å². The average molecular weight is 433 g/mol. The lowest BCUT2D eigenvalue weighted by Gasteiger charge is -2.20. The van der Waals surface area contributed by atoms with E-state index >= 15 is 0 Å². The van der Waals surface area contributed by atoms with Crippen LogP contribution in [-0.2, 0) is 27.8 Å². The molecule has 0 spiro atoms. The van der Waals surface area contributed by atoms with Crippen LogP contribution in [0.15, 0.2) is 21.6 Å². The number of hydrogen-bond donors (Lipinski definition) is 3. The number of hydrogen-bond acceptors (Lipinski definition) is 6. The number of carbonyl (C=O) groups is 1. The Hall–Kier alpha value is -2.01. The van der Waals surface area contributed by atoms with Crippen molar-refractivity contribution < 1.29 is 22.1 Å². The maximum Gasteiger partial charge on any atom is 0.246 e. The van der Waals surface area contributed by atoms with Crippen LogP contribution >= 0.6 is 12.4 Å². The van der Waals surface area contributed by atoms with Crippen molar-refractivity contribution in [1.29, 1.82) is 0 Å². The monoisotopic (exact) mass is 432 g/mol. The Kier molecular flexibility index (Phi) is 6.81. The van der Waals surface area contributed by atoms with Gasteiger partial charge in [-0.25, -0.2) is 12.8 Å². The number of fused-ring (bicyclic) bond motifs is 1. The Balaban J connectivity index is 0.00000280. The summed E-state index contributed by atoms with van der Waals surface area (Å²) in [6.45, 7) is 5.58. The molecular formula is C17H22ClFN4O4S. The molecule has 1 aliphatic heterocycles. The lowest BCUT2D eigenvalue weighted by Crippen LogP contribution is -2.42. The molecule has 1 aromatic carbocycles. The van der Waals surface area contributed by atoms with Gasteiger partial charge in [0.1, 0.15) is 16.4 Å². The van der Waals surface area contributed by atoms with E-state index in [0.29, 0.717) is 25.1 Å². The molecule has 0 saturated carbocycles. The van der Waals surface area contributed by atoms with Gasteiger partial charge in [-0.1, -0.05) is 11.2 Å².